The largest absolute Gasteiger partial charge is 0.494 e. The van der Waals surface area contributed by atoms with Gasteiger partial charge in [-0.1, -0.05) is 11.6 Å². The fourth-order valence-corrected chi connectivity index (χ4v) is 1.76. The van der Waals surface area contributed by atoms with Gasteiger partial charge < -0.3 is 15.8 Å². The number of aromatic nitrogens is 1. The summed E-state index contributed by atoms with van der Waals surface area (Å²) in [5, 5.41) is 2.70. The Morgan fingerprint density at radius 3 is 2.85 bits per heavy atom. The van der Waals surface area contributed by atoms with Crippen molar-refractivity contribution in [2.75, 3.05) is 18.2 Å². The highest BCUT2D eigenvalue weighted by atomic mass is 35.5. The zero-order valence-electron chi connectivity index (χ0n) is 10.5. The topological polar surface area (TPSA) is 77.2 Å². The minimum atomic E-state index is -0.563. The number of hydrogen-bond acceptors (Lipinski definition) is 4. The summed E-state index contributed by atoms with van der Waals surface area (Å²) in [4.78, 5) is 15.9. The lowest BCUT2D eigenvalue weighted by Gasteiger charge is -2.10. The van der Waals surface area contributed by atoms with Crippen LogP contribution in [0.3, 0.4) is 0 Å². The van der Waals surface area contributed by atoms with Crippen molar-refractivity contribution in [2.45, 2.75) is 0 Å². The SMILES string of the molecule is COc1cc(F)ccc1NC(=O)c1nc(N)ccc1Cl. The Hall–Kier alpha value is -2.34. The van der Waals surface area contributed by atoms with E-state index in [4.69, 9.17) is 22.1 Å². The van der Waals surface area contributed by atoms with Crippen molar-refractivity contribution in [3.63, 3.8) is 0 Å². The van der Waals surface area contributed by atoms with Gasteiger partial charge in [0.05, 0.1) is 17.8 Å². The number of halogens is 2. The molecule has 0 fully saturated rings. The van der Waals surface area contributed by atoms with E-state index in [1.807, 2.05) is 0 Å². The van der Waals surface area contributed by atoms with Crippen molar-refractivity contribution in [1.29, 1.82) is 0 Å². The zero-order valence-corrected chi connectivity index (χ0v) is 11.2. The third kappa shape index (κ3) is 2.97. The van der Waals surface area contributed by atoms with E-state index < -0.39 is 11.7 Å². The van der Waals surface area contributed by atoms with Gasteiger partial charge in [-0.25, -0.2) is 9.37 Å². The van der Waals surface area contributed by atoms with E-state index in [0.717, 1.165) is 6.07 Å². The van der Waals surface area contributed by atoms with Crippen LogP contribution < -0.4 is 15.8 Å². The Morgan fingerprint density at radius 1 is 1.40 bits per heavy atom. The van der Waals surface area contributed by atoms with Gasteiger partial charge in [0, 0.05) is 6.07 Å². The highest BCUT2D eigenvalue weighted by molar-refractivity contribution is 6.34. The maximum absolute atomic E-state index is 13.1. The highest BCUT2D eigenvalue weighted by Crippen LogP contribution is 2.26. The predicted molar refractivity (Wildman–Crippen MR) is 74.6 cm³/mol. The van der Waals surface area contributed by atoms with Crippen molar-refractivity contribution in [1.82, 2.24) is 4.98 Å². The molecule has 0 spiro atoms. The van der Waals surface area contributed by atoms with Crippen LogP contribution in [0.4, 0.5) is 15.9 Å². The highest BCUT2D eigenvalue weighted by Gasteiger charge is 2.15. The second-order valence-electron chi connectivity index (χ2n) is 3.87. The van der Waals surface area contributed by atoms with Gasteiger partial charge in [-0.05, 0) is 24.3 Å². The molecule has 2 aromatic rings. The smallest absolute Gasteiger partial charge is 0.276 e. The first-order chi connectivity index (χ1) is 9.51. The molecule has 7 heteroatoms. The molecule has 0 aliphatic rings. The Kier molecular flexibility index (Phi) is 4.05. The number of nitrogens with one attached hydrogen (secondary N) is 1. The molecule has 0 bridgehead atoms. The molecule has 104 valence electrons. The van der Waals surface area contributed by atoms with E-state index in [0.29, 0.717) is 5.69 Å². The summed E-state index contributed by atoms with van der Waals surface area (Å²) in [7, 11) is 1.37. The Balaban J connectivity index is 2.30. The van der Waals surface area contributed by atoms with Crippen LogP contribution in [0.2, 0.25) is 5.02 Å². The van der Waals surface area contributed by atoms with E-state index >= 15 is 0 Å². The molecule has 1 amide bonds. The van der Waals surface area contributed by atoms with E-state index in [2.05, 4.69) is 10.3 Å². The third-order valence-electron chi connectivity index (χ3n) is 2.49. The number of pyridine rings is 1. The number of nitrogens with two attached hydrogens (primary N) is 1. The molecule has 1 heterocycles. The monoisotopic (exact) mass is 295 g/mol. The number of nitrogen functional groups attached to an aromatic ring is 1. The fourth-order valence-electron chi connectivity index (χ4n) is 1.57. The van der Waals surface area contributed by atoms with E-state index in [9.17, 15) is 9.18 Å². The molecule has 1 aromatic heterocycles. The summed E-state index contributed by atoms with van der Waals surface area (Å²) in [6, 6.07) is 6.70. The number of carbonyl (C=O) groups excluding carboxylic acids is 1. The predicted octanol–water partition coefficient (Wildman–Crippen LogP) is 2.72. The summed E-state index contributed by atoms with van der Waals surface area (Å²) in [6.07, 6.45) is 0. The van der Waals surface area contributed by atoms with Gasteiger partial charge in [-0.3, -0.25) is 4.79 Å². The number of benzene rings is 1. The fraction of sp³-hybridized carbons (Fsp3) is 0.0769. The number of nitrogens with zero attached hydrogens (tertiary/aromatic N) is 1. The van der Waals surface area contributed by atoms with Crippen molar-refractivity contribution < 1.29 is 13.9 Å². The van der Waals surface area contributed by atoms with Crippen LogP contribution in [0.1, 0.15) is 10.5 Å². The van der Waals surface area contributed by atoms with Crippen LogP contribution in [0, 0.1) is 5.82 Å². The first kappa shape index (κ1) is 14.1. The molecule has 1 aromatic carbocycles. The number of anilines is 2. The van der Waals surface area contributed by atoms with Crippen molar-refractivity contribution in [2.24, 2.45) is 0 Å². The average molecular weight is 296 g/mol. The van der Waals surface area contributed by atoms with Crippen LogP contribution in [0.25, 0.3) is 0 Å². The Labute approximate surface area is 119 Å². The van der Waals surface area contributed by atoms with E-state index in [1.54, 1.807) is 0 Å². The van der Waals surface area contributed by atoms with Crippen molar-refractivity contribution in [3.8, 4) is 5.75 Å². The maximum atomic E-state index is 13.1. The number of methoxy groups -OCH3 is 1. The number of amides is 1. The minimum absolute atomic E-state index is 0.0157. The van der Waals surface area contributed by atoms with Crippen LogP contribution in [0.15, 0.2) is 30.3 Å². The van der Waals surface area contributed by atoms with E-state index in [-0.39, 0.29) is 22.3 Å². The van der Waals surface area contributed by atoms with Gasteiger partial charge in [0.1, 0.15) is 23.1 Å². The van der Waals surface area contributed by atoms with Crippen LogP contribution >= 0.6 is 11.6 Å². The molecule has 5 nitrogen and oxygen atoms in total. The molecule has 2 rings (SSSR count). The number of rotatable bonds is 3. The molecular formula is C13H11ClFN3O2. The molecule has 0 aliphatic heterocycles. The lowest BCUT2D eigenvalue weighted by Crippen LogP contribution is -2.15. The second-order valence-corrected chi connectivity index (χ2v) is 4.27. The van der Waals surface area contributed by atoms with Gasteiger partial charge >= 0.3 is 0 Å². The van der Waals surface area contributed by atoms with Gasteiger partial charge in [0.25, 0.3) is 5.91 Å². The zero-order chi connectivity index (χ0) is 14.7. The molecule has 20 heavy (non-hydrogen) atoms. The van der Waals surface area contributed by atoms with E-state index in [1.165, 1.54) is 31.4 Å². The molecule has 0 unspecified atom stereocenters. The molecule has 0 radical (unpaired) electrons. The van der Waals surface area contributed by atoms with Crippen LogP contribution in [-0.2, 0) is 0 Å². The molecule has 0 aliphatic carbocycles. The summed E-state index contributed by atoms with van der Waals surface area (Å²) in [5.41, 5.74) is 5.80. The Morgan fingerprint density at radius 2 is 2.15 bits per heavy atom. The number of hydrogen-bond donors (Lipinski definition) is 2. The molecule has 3 N–H and O–H groups in total. The molecular weight excluding hydrogens is 285 g/mol. The Bertz CT molecular complexity index is 664. The lowest BCUT2D eigenvalue weighted by atomic mass is 10.2. The minimum Gasteiger partial charge on any atom is -0.494 e. The normalized spacial score (nSPS) is 10.2. The molecule has 0 saturated carbocycles. The summed E-state index contributed by atoms with van der Waals surface area (Å²) >= 11 is 5.89. The quantitative estimate of drug-likeness (QED) is 0.912. The molecule has 0 atom stereocenters. The second kappa shape index (κ2) is 5.75. The van der Waals surface area contributed by atoms with Crippen molar-refractivity contribution in [3.05, 3.63) is 46.9 Å². The van der Waals surface area contributed by atoms with Crippen LogP contribution in [-0.4, -0.2) is 18.0 Å². The first-order valence-corrected chi connectivity index (χ1v) is 5.96. The van der Waals surface area contributed by atoms with Gasteiger partial charge in [-0.15, -0.1) is 0 Å². The van der Waals surface area contributed by atoms with Crippen LogP contribution in [0.5, 0.6) is 5.75 Å². The van der Waals surface area contributed by atoms with Gasteiger partial charge in [0.15, 0.2) is 0 Å². The first-order valence-electron chi connectivity index (χ1n) is 5.58. The summed E-state index contributed by atoms with van der Waals surface area (Å²) in [5.74, 6) is -0.670. The third-order valence-corrected chi connectivity index (χ3v) is 2.80. The standard InChI is InChI=1S/C13H11ClFN3O2/c1-20-10-6-7(15)2-4-9(10)17-13(19)12-8(14)3-5-11(16)18-12/h2-6H,1H3,(H2,16,18)(H,17,19). The van der Waals surface area contributed by atoms with Crippen molar-refractivity contribution >= 4 is 29.0 Å². The maximum Gasteiger partial charge on any atom is 0.276 e. The number of ether oxygens (including phenoxy) is 1. The summed E-state index contributed by atoms with van der Waals surface area (Å²) in [6.45, 7) is 0. The molecule has 0 saturated heterocycles. The average Bonchev–Trinajstić information content (AvgIpc) is 2.43. The summed E-state index contributed by atoms with van der Waals surface area (Å²) < 4.78 is 18.1. The van der Waals surface area contributed by atoms with Gasteiger partial charge in [0.2, 0.25) is 0 Å². The lowest BCUT2D eigenvalue weighted by molar-refractivity contribution is 0.102. The number of carbonyl (C=O) groups is 1. The van der Waals surface area contributed by atoms with Gasteiger partial charge in [-0.2, -0.15) is 0 Å².